The maximum atomic E-state index is 13.3. The lowest BCUT2D eigenvalue weighted by Gasteiger charge is -2.04. The minimum absolute atomic E-state index is 0.0294. The molecule has 2 aromatic rings. The van der Waals surface area contributed by atoms with Crippen molar-refractivity contribution in [3.63, 3.8) is 0 Å². The van der Waals surface area contributed by atoms with Gasteiger partial charge >= 0.3 is 5.97 Å². The van der Waals surface area contributed by atoms with E-state index >= 15 is 0 Å². The molecule has 1 aromatic carbocycles. The third-order valence-corrected chi connectivity index (χ3v) is 2.73. The second-order valence-electron chi connectivity index (χ2n) is 4.22. The topological polar surface area (TPSA) is 79.5 Å². The van der Waals surface area contributed by atoms with Crippen LogP contribution in [0.4, 0.5) is 4.39 Å². The molecule has 5 nitrogen and oxygen atoms in total. The summed E-state index contributed by atoms with van der Waals surface area (Å²) in [5.41, 5.74) is 0.650. The lowest BCUT2D eigenvalue weighted by molar-refractivity contribution is 0.0660. The first kappa shape index (κ1) is 13.8. The Labute approximate surface area is 114 Å². The van der Waals surface area contributed by atoms with Crippen molar-refractivity contribution >= 4 is 11.9 Å². The van der Waals surface area contributed by atoms with Crippen LogP contribution >= 0.6 is 0 Å². The summed E-state index contributed by atoms with van der Waals surface area (Å²) >= 11 is 0. The zero-order valence-corrected chi connectivity index (χ0v) is 10.6. The molecule has 1 amide bonds. The van der Waals surface area contributed by atoms with Crippen LogP contribution in [0.25, 0.3) is 0 Å². The first-order chi connectivity index (χ1) is 9.47. The van der Waals surface area contributed by atoms with Gasteiger partial charge in [0.2, 0.25) is 5.76 Å². The van der Waals surface area contributed by atoms with Gasteiger partial charge in [0.25, 0.3) is 5.91 Å². The third kappa shape index (κ3) is 3.03. The number of rotatable bonds is 4. The number of amides is 1. The van der Waals surface area contributed by atoms with E-state index < -0.39 is 17.7 Å². The Morgan fingerprint density at radius 2 is 2.05 bits per heavy atom. The van der Waals surface area contributed by atoms with Crippen LogP contribution in [-0.4, -0.2) is 17.0 Å². The number of benzene rings is 1. The van der Waals surface area contributed by atoms with Gasteiger partial charge in [0, 0.05) is 5.56 Å². The van der Waals surface area contributed by atoms with Crippen LogP contribution < -0.4 is 5.32 Å². The minimum atomic E-state index is -1.18. The average Bonchev–Trinajstić information content (AvgIpc) is 2.88. The molecule has 0 atom stereocenters. The van der Waals surface area contributed by atoms with Crippen molar-refractivity contribution in [1.29, 1.82) is 0 Å². The van der Waals surface area contributed by atoms with Crippen LogP contribution in [0.5, 0.6) is 0 Å². The largest absolute Gasteiger partial charge is 0.475 e. The zero-order chi connectivity index (χ0) is 14.7. The van der Waals surface area contributed by atoms with Crippen LogP contribution in [0.2, 0.25) is 0 Å². The summed E-state index contributed by atoms with van der Waals surface area (Å²) in [4.78, 5) is 22.4. The average molecular weight is 277 g/mol. The molecule has 0 aliphatic heterocycles. The fourth-order valence-corrected chi connectivity index (χ4v) is 1.59. The van der Waals surface area contributed by atoms with Gasteiger partial charge in [-0.05, 0) is 36.8 Å². The Kier molecular flexibility index (Phi) is 3.84. The number of nitrogens with one attached hydrogen (secondary N) is 1. The van der Waals surface area contributed by atoms with Crippen molar-refractivity contribution in [3.8, 4) is 0 Å². The molecule has 1 aromatic heterocycles. The van der Waals surface area contributed by atoms with E-state index in [1.807, 2.05) is 0 Å². The molecule has 0 aliphatic rings. The second kappa shape index (κ2) is 5.56. The molecule has 0 spiro atoms. The number of carboxylic acids is 1. The molecule has 0 radical (unpaired) electrons. The SMILES string of the molecule is Cc1ccc(C(=O)NCc2ccc(C(=O)O)o2)cc1F. The van der Waals surface area contributed by atoms with E-state index in [4.69, 9.17) is 9.52 Å². The van der Waals surface area contributed by atoms with E-state index in [-0.39, 0.29) is 17.9 Å². The molecule has 0 unspecified atom stereocenters. The number of carboxylic acid groups (broad SMARTS) is 1. The molecule has 6 heteroatoms. The highest BCUT2D eigenvalue weighted by atomic mass is 19.1. The molecular weight excluding hydrogens is 265 g/mol. The van der Waals surface area contributed by atoms with Crippen molar-refractivity contribution in [2.24, 2.45) is 0 Å². The van der Waals surface area contributed by atoms with Gasteiger partial charge in [-0.2, -0.15) is 0 Å². The number of carbonyl (C=O) groups excluding carboxylic acids is 1. The van der Waals surface area contributed by atoms with E-state index in [0.29, 0.717) is 11.3 Å². The standard InChI is InChI=1S/C14H12FNO4/c1-8-2-3-9(6-11(8)15)13(17)16-7-10-4-5-12(20-10)14(18)19/h2-6H,7H2,1H3,(H,16,17)(H,18,19). The summed E-state index contributed by atoms with van der Waals surface area (Å²) in [7, 11) is 0. The lowest BCUT2D eigenvalue weighted by atomic mass is 10.1. The summed E-state index contributed by atoms with van der Waals surface area (Å²) in [6.07, 6.45) is 0. The molecule has 2 rings (SSSR count). The van der Waals surface area contributed by atoms with Gasteiger partial charge in [0.05, 0.1) is 6.54 Å². The van der Waals surface area contributed by atoms with Crippen LogP contribution in [0.1, 0.15) is 32.2 Å². The summed E-state index contributed by atoms with van der Waals surface area (Å²) in [5, 5.41) is 11.2. The number of furan rings is 1. The molecule has 0 saturated carbocycles. The Morgan fingerprint density at radius 1 is 1.30 bits per heavy atom. The Balaban J connectivity index is 2.00. The van der Waals surface area contributed by atoms with Gasteiger partial charge in [0.15, 0.2) is 0 Å². The van der Waals surface area contributed by atoms with Crippen LogP contribution in [0.3, 0.4) is 0 Å². The normalized spacial score (nSPS) is 10.3. The van der Waals surface area contributed by atoms with Crippen molar-refractivity contribution in [2.75, 3.05) is 0 Å². The van der Waals surface area contributed by atoms with E-state index in [0.717, 1.165) is 6.07 Å². The smallest absolute Gasteiger partial charge is 0.371 e. The second-order valence-corrected chi connectivity index (χ2v) is 4.22. The Hall–Kier alpha value is -2.63. The minimum Gasteiger partial charge on any atom is -0.475 e. The molecule has 0 saturated heterocycles. The van der Waals surface area contributed by atoms with Gasteiger partial charge in [-0.15, -0.1) is 0 Å². The Bertz CT molecular complexity index is 663. The van der Waals surface area contributed by atoms with Gasteiger partial charge in [-0.3, -0.25) is 4.79 Å². The molecule has 1 heterocycles. The van der Waals surface area contributed by atoms with Gasteiger partial charge in [-0.25, -0.2) is 9.18 Å². The van der Waals surface area contributed by atoms with Crippen LogP contribution in [-0.2, 0) is 6.54 Å². The number of halogens is 1. The van der Waals surface area contributed by atoms with Gasteiger partial charge in [-0.1, -0.05) is 6.07 Å². The highest BCUT2D eigenvalue weighted by Crippen LogP contribution is 2.10. The maximum absolute atomic E-state index is 13.3. The lowest BCUT2D eigenvalue weighted by Crippen LogP contribution is -2.22. The molecular formula is C14H12FNO4. The third-order valence-electron chi connectivity index (χ3n) is 2.73. The summed E-state index contributed by atoms with van der Waals surface area (Å²) < 4.78 is 18.3. The van der Waals surface area contributed by atoms with E-state index in [1.165, 1.54) is 24.3 Å². The molecule has 0 fully saturated rings. The fraction of sp³-hybridized carbons (Fsp3) is 0.143. The summed E-state index contributed by atoms with van der Waals surface area (Å²) in [5.74, 6) is -1.98. The Morgan fingerprint density at radius 3 is 2.65 bits per heavy atom. The van der Waals surface area contributed by atoms with Crippen molar-refractivity contribution < 1.29 is 23.5 Å². The quantitative estimate of drug-likeness (QED) is 0.899. The van der Waals surface area contributed by atoms with E-state index in [1.54, 1.807) is 6.92 Å². The van der Waals surface area contributed by atoms with E-state index in [9.17, 15) is 14.0 Å². The molecule has 0 bridgehead atoms. The number of hydrogen-bond donors (Lipinski definition) is 2. The fourth-order valence-electron chi connectivity index (χ4n) is 1.59. The van der Waals surface area contributed by atoms with Gasteiger partial charge in [0.1, 0.15) is 11.6 Å². The first-order valence-electron chi connectivity index (χ1n) is 5.83. The van der Waals surface area contributed by atoms with Crippen LogP contribution in [0.15, 0.2) is 34.7 Å². The first-order valence-corrected chi connectivity index (χ1v) is 5.83. The molecule has 20 heavy (non-hydrogen) atoms. The molecule has 2 N–H and O–H groups in total. The van der Waals surface area contributed by atoms with Crippen molar-refractivity contribution in [3.05, 3.63) is 58.8 Å². The summed E-state index contributed by atoms with van der Waals surface area (Å²) in [6.45, 7) is 1.63. The van der Waals surface area contributed by atoms with Crippen molar-refractivity contribution in [2.45, 2.75) is 13.5 Å². The highest BCUT2D eigenvalue weighted by molar-refractivity contribution is 5.94. The monoisotopic (exact) mass is 277 g/mol. The molecule has 104 valence electrons. The maximum Gasteiger partial charge on any atom is 0.371 e. The number of hydrogen-bond acceptors (Lipinski definition) is 3. The van der Waals surface area contributed by atoms with E-state index in [2.05, 4.69) is 5.32 Å². The summed E-state index contributed by atoms with van der Waals surface area (Å²) in [6, 6.07) is 6.93. The number of carbonyl (C=O) groups is 2. The van der Waals surface area contributed by atoms with Gasteiger partial charge < -0.3 is 14.8 Å². The highest BCUT2D eigenvalue weighted by Gasteiger charge is 2.11. The predicted octanol–water partition coefficient (Wildman–Crippen LogP) is 2.36. The van der Waals surface area contributed by atoms with Crippen LogP contribution in [0, 0.1) is 12.7 Å². The molecule has 0 aliphatic carbocycles. The number of aromatic carboxylic acids is 1. The number of aryl methyl sites for hydroxylation is 1. The zero-order valence-electron chi connectivity index (χ0n) is 10.6. The predicted molar refractivity (Wildman–Crippen MR) is 68.0 cm³/mol. The van der Waals surface area contributed by atoms with Crippen molar-refractivity contribution in [1.82, 2.24) is 5.32 Å².